The number of carboxylic acid groups (broad SMARTS) is 1. The zero-order valence-corrected chi connectivity index (χ0v) is 10.7. The fourth-order valence-electron chi connectivity index (χ4n) is 1.97. The topological polar surface area (TPSA) is 97.3 Å². The number of unbranched alkanes of at least 4 members (excludes halogenated alkanes) is 1. The molecule has 0 fully saturated rings. The summed E-state index contributed by atoms with van der Waals surface area (Å²) in [5.74, 6) is -0.898. The van der Waals surface area contributed by atoms with Gasteiger partial charge in [0.05, 0.1) is 5.56 Å². The summed E-state index contributed by atoms with van der Waals surface area (Å²) in [4.78, 5) is 21.4. The number of carbonyl (C=O) groups excluding carboxylic acids is 1. The number of rotatable bonds is 6. The fourth-order valence-corrected chi connectivity index (χ4v) is 1.97. The molecule has 0 spiro atoms. The summed E-state index contributed by atoms with van der Waals surface area (Å²) in [7, 11) is 0. The van der Waals surface area contributed by atoms with Gasteiger partial charge >= 0.3 is 12.0 Å². The van der Waals surface area contributed by atoms with Crippen molar-refractivity contribution in [3.05, 3.63) is 23.0 Å². The van der Waals surface area contributed by atoms with Crippen LogP contribution in [0.2, 0.25) is 0 Å². The van der Waals surface area contributed by atoms with E-state index in [1.807, 2.05) is 11.5 Å². The Bertz CT molecular complexity index is 452. The largest absolute Gasteiger partial charge is 0.478 e. The zero-order valence-electron chi connectivity index (χ0n) is 10.7. The number of aryl methyl sites for hydroxylation is 1. The molecule has 0 bridgehead atoms. The minimum atomic E-state index is -0.898. The van der Waals surface area contributed by atoms with Crippen LogP contribution in [0.4, 0.5) is 4.79 Å². The van der Waals surface area contributed by atoms with Crippen molar-refractivity contribution in [2.75, 3.05) is 6.54 Å². The standard InChI is InChI=1S/C12H19N3O3/c1-8-7-10(11(16)17)9(2)15(8)6-4-3-5-14-12(13)18/h7H,3-6H2,1-2H3,(H,16,17)(H3,13,14,18). The molecule has 6 nitrogen and oxygen atoms in total. The van der Waals surface area contributed by atoms with Crippen molar-refractivity contribution in [3.8, 4) is 0 Å². The molecule has 0 aliphatic rings. The number of urea groups is 1. The maximum atomic E-state index is 11.0. The van der Waals surface area contributed by atoms with Crippen molar-refractivity contribution in [2.45, 2.75) is 33.2 Å². The number of hydrogen-bond donors (Lipinski definition) is 3. The number of nitrogens with zero attached hydrogens (tertiary/aromatic N) is 1. The highest BCUT2D eigenvalue weighted by atomic mass is 16.4. The van der Waals surface area contributed by atoms with Gasteiger partial charge in [-0.15, -0.1) is 0 Å². The van der Waals surface area contributed by atoms with Gasteiger partial charge in [-0.2, -0.15) is 0 Å². The second-order valence-electron chi connectivity index (χ2n) is 4.24. The number of primary amides is 1. The quantitative estimate of drug-likeness (QED) is 0.665. The molecule has 1 heterocycles. The Morgan fingerprint density at radius 2 is 2.06 bits per heavy atom. The van der Waals surface area contributed by atoms with E-state index in [-0.39, 0.29) is 0 Å². The van der Waals surface area contributed by atoms with Crippen molar-refractivity contribution < 1.29 is 14.7 Å². The van der Waals surface area contributed by atoms with Crippen molar-refractivity contribution in [1.29, 1.82) is 0 Å². The number of amides is 2. The van der Waals surface area contributed by atoms with Crippen molar-refractivity contribution >= 4 is 12.0 Å². The van der Waals surface area contributed by atoms with E-state index in [1.54, 1.807) is 13.0 Å². The Hall–Kier alpha value is -1.98. The number of aromatic carboxylic acids is 1. The Labute approximate surface area is 106 Å². The number of aromatic nitrogens is 1. The van der Waals surface area contributed by atoms with Gasteiger partial charge in [0.15, 0.2) is 0 Å². The molecule has 0 aliphatic carbocycles. The van der Waals surface area contributed by atoms with Gasteiger partial charge in [0.25, 0.3) is 0 Å². The van der Waals surface area contributed by atoms with E-state index < -0.39 is 12.0 Å². The minimum absolute atomic E-state index is 0.350. The summed E-state index contributed by atoms with van der Waals surface area (Å²) in [6.07, 6.45) is 1.66. The van der Waals surface area contributed by atoms with Crippen LogP contribution >= 0.6 is 0 Å². The van der Waals surface area contributed by atoms with Crippen LogP contribution in [-0.2, 0) is 6.54 Å². The Morgan fingerprint density at radius 1 is 1.39 bits per heavy atom. The van der Waals surface area contributed by atoms with Crippen LogP contribution in [-0.4, -0.2) is 28.2 Å². The summed E-state index contributed by atoms with van der Waals surface area (Å²) in [6, 6.07) is 1.16. The maximum Gasteiger partial charge on any atom is 0.337 e. The van der Waals surface area contributed by atoms with Crippen LogP contribution in [0.15, 0.2) is 6.07 Å². The van der Waals surface area contributed by atoms with E-state index in [0.717, 1.165) is 30.8 Å². The molecule has 0 unspecified atom stereocenters. The molecule has 0 atom stereocenters. The molecule has 0 aliphatic heterocycles. The number of nitrogens with two attached hydrogens (primary N) is 1. The lowest BCUT2D eigenvalue weighted by Crippen LogP contribution is -2.30. The highest BCUT2D eigenvalue weighted by molar-refractivity contribution is 5.89. The maximum absolute atomic E-state index is 11.0. The minimum Gasteiger partial charge on any atom is -0.478 e. The van der Waals surface area contributed by atoms with Crippen LogP contribution in [0, 0.1) is 13.8 Å². The van der Waals surface area contributed by atoms with Gasteiger partial charge in [-0.3, -0.25) is 0 Å². The molecule has 2 amide bonds. The fraction of sp³-hybridized carbons (Fsp3) is 0.500. The predicted molar refractivity (Wildman–Crippen MR) is 67.7 cm³/mol. The molecule has 100 valence electrons. The third kappa shape index (κ3) is 3.51. The van der Waals surface area contributed by atoms with Gasteiger partial charge in [-0.25, -0.2) is 9.59 Å². The van der Waals surface area contributed by atoms with Gasteiger partial charge in [0.2, 0.25) is 0 Å². The van der Waals surface area contributed by atoms with Gasteiger partial charge in [-0.05, 0) is 32.8 Å². The third-order valence-electron chi connectivity index (χ3n) is 2.91. The molecule has 1 aromatic heterocycles. The molecule has 1 aromatic rings. The van der Waals surface area contributed by atoms with Gasteiger partial charge < -0.3 is 20.7 Å². The van der Waals surface area contributed by atoms with E-state index in [0.29, 0.717) is 12.1 Å². The lowest BCUT2D eigenvalue weighted by atomic mass is 10.2. The molecule has 0 saturated heterocycles. The summed E-state index contributed by atoms with van der Waals surface area (Å²) in [5, 5.41) is 11.5. The smallest absolute Gasteiger partial charge is 0.337 e. The summed E-state index contributed by atoms with van der Waals surface area (Å²) in [5.41, 5.74) is 7.00. The van der Waals surface area contributed by atoms with Crippen LogP contribution in [0.3, 0.4) is 0 Å². The number of carboxylic acids is 1. The molecular weight excluding hydrogens is 234 g/mol. The average molecular weight is 253 g/mol. The lowest BCUT2D eigenvalue weighted by Gasteiger charge is -2.09. The first-order chi connectivity index (χ1) is 8.43. The Kier molecular flexibility index (Phi) is 4.76. The van der Waals surface area contributed by atoms with Gasteiger partial charge in [-0.1, -0.05) is 0 Å². The van der Waals surface area contributed by atoms with E-state index >= 15 is 0 Å². The summed E-state index contributed by atoms with van der Waals surface area (Å²) < 4.78 is 1.98. The number of carbonyl (C=O) groups is 2. The van der Waals surface area contributed by atoms with Gasteiger partial charge in [0.1, 0.15) is 0 Å². The molecule has 6 heteroatoms. The Balaban J connectivity index is 2.52. The first-order valence-electron chi connectivity index (χ1n) is 5.86. The second-order valence-corrected chi connectivity index (χ2v) is 4.24. The van der Waals surface area contributed by atoms with Crippen LogP contribution < -0.4 is 11.1 Å². The van der Waals surface area contributed by atoms with Gasteiger partial charge in [0, 0.05) is 24.5 Å². The summed E-state index contributed by atoms with van der Waals surface area (Å²) in [6.45, 7) is 4.98. The third-order valence-corrected chi connectivity index (χ3v) is 2.91. The second kappa shape index (κ2) is 6.09. The Morgan fingerprint density at radius 3 is 2.56 bits per heavy atom. The van der Waals surface area contributed by atoms with Crippen LogP contribution in [0.1, 0.15) is 34.6 Å². The molecule has 1 rings (SSSR count). The first-order valence-corrected chi connectivity index (χ1v) is 5.86. The molecule has 4 N–H and O–H groups in total. The highest BCUT2D eigenvalue weighted by Gasteiger charge is 2.13. The highest BCUT2D eigenvalue weighted by Crippen LogP contribution is 2.15. The van der Waals surface area contributed by atoms with Crippen molar-refractivity contribution in [1.82, 2.24) is 9.88 Å². The SMILES string of the molecule is Cc1cc(C(=O)O)c(C)n1CCCCNC(N)=O. The van der Waals surface area contributed by atoms with Crippen LogP contribution in [0.5, 0.6) is 0 Å². The van der Waals surface area contributed by atoms with E-state index in [9.17, 15) is 9.59 Å². The van der Waals surface area contributed by atoms with E-state index in [1.165, 1.54) is 0 Å². The van der Waals surface area contributed by atoms with Crippen LogP contribution in [0.25, 0.3) is 0 Å². The molecule has 0 radical (unpaired) electrons. The summed E-state index contributed by atoms with van der Waals surface area (Å²) >= 11 is 0. The van der Waals surface area contributed by atoms with Crippen molar-refractivity contribution in [2.24, 2.45) is 5.73 Å². The molecule has 0 aromatic carbocycles. The lowest BCUT2D eigenvalue weighted by molar-refractivity contribution is 0.0696. The van der Waals surface area contributed by atoms with E-state index in [2.05, 4.69) is 5.32 Å². The zero-order chi connectivity index (χ0) is 13.7. The number of hydrogen-bond acceptors (Lipinski definition) is 2. The van der Waals surface area contributed by atoms with Crippen molar-refractivity contribution in [3.63, 3.8) is 0 Å². The van der Waals surface area contributed by atoms with E-state index in [4.69, 9.17) is 10.8 Å². The normalized spacial score (nSPS) is 10.3. The molecular formula is C12H19N3O3. The average Bonchev–Trinajstić information content (AvgIpc) is 2.55. The molecule has 0 saturated carbocycles. The monoisotopic (exact) mass is 253 g/mol. The predicted octanol–water partition coefficient (Wildman–Crippen LogP) is 1.25. The first kappa shape index (κ1) is 14.1. The number of nitrogens with one attached hydrogen (secondary N) is 1. The molecule has 18 heavy (non-hydrogen) atoms.